The van der Waals surface area contributed by atoms with Crippen LogP contribution in [0, 0.1) is 5.92 Å². The summed E-state index contributed by atoms with van der Waals surface area (Å²) < 4.78 is 0. The van der Waals surface area contributed by atoms with Crippen LogP contribution in [0.2, 0.25) is 0 Å². The molecule has 1 aliphatic heterocycles. The highest BCUT2D eigenvalue weighted by molar-refractivity contribution is 4.69. The van der Waals surface area contributed by atoms with Crippen molar-refractivity contribution >= 4 is 0 Å². The van der Waals surface area contributed by atoms with E-state index in [-0.39, 0.29) is 6.23 Å². The van der Waals surface area contributed by atoms with E-state index >= 15 is 0 Å². The summed E-state index contributed by atoms with van der Waals surface area (Å²) in [5.41, 5.74) is 0. The van der Waals surface area contributed by atoms with Gasteiger partial charge in [0.2, 0.25) is 0 Å². The first-order valence-corrected chi connectivity index (χ1v) is 3.74. The largest absolute Gasteiger partial charge is 0.379 e. The monoisotopic (exact) mass is 129 g/mol. The molecule has 9 heavy (non-hydrogen) atoms. The highest BCUT2D eigenvalue weighted by atomic mass is 16.3. The molecule has 0 saturated carbocycles. The predicted molar refractivity (Wildman–Crippen MR) is 37.0 cm³/mol. The summed E-state index contributed by atoms with van der Waals surface area (Å²) in [6.45, 7) is 3.17. The molecular weight excluding hydrogens is 114 g/mol. The van der Waals surface area contributed by atoms with Crippen LogP contribution in [0.25, 0.3) is 0 Å². The molecule has 0 aromatic heterocycles. The van der Waals surface area contributed by atoms with Crippen molar-refractivity contribution < 1.29 is 5.11 Å². The standard InChI is InChI=1S/C7H15NO/c1-2-6-3-4-8-7(9)5-6/h6-9H,2-5H2,1H3. The van der Waals surface area contributed by atoms with Gasteiger partial charge in [0.15, 0.2) is 0 Å². The van der Waals surface area contributed by atoms with E-state index in [1.807, 2.05) is 0 Å². The zero-order chi connectivity index (χ0) is 6.69. The molecule has 2 atom stereocenters. The van der Waals surface area contributed by atoms with E-state index < -0.39 is 0 Å². The highest BCUT2D eigenvalue weighted by Gasteiger charge is 2.16. The third kappa shape index (κ3) is 1.95. The van der Waals surface area contributed by atoms with Gasteiger partial charge in [-0.3, -0.25) is 5.32 Å². The van der Waals surface area contributed by atoms with E-state index in [9.17, 15) is 0 Å². The van der Waals surface area contributed by atoms with Crippen LogP contribution in [-0.2, 0) is 0 Å². The molecule has 2 heteroatoms. The number of rotatable bonds is 1. The quantitative estimate of drug-likeness (QED) is 0.546. The average Bonchev–Trinajstić information content (AvgIpc) is 1.88. The Bertz CT molecular complexity index is 85.0. The van der Waals surface area contributed by atoms with E-state index in [0.29, 0.717) is 0 Å². The van der Waals surface area contributed by atoms with Gasteiger partial charge >= 0.3 is 0 Å². The van der Waals surface area contributed by atoms with Crippen molar-refractivity contribution in [1.29, 1.82) is 0 Å². The fourth-order valence-corrected chi connectivity index (χ4v) is 1.34. The molecule has 0 amide bonds. The van der Waals surface area contributed by atoms with Crippen LogP contribution in [0.1, 0.15) is 26.2 Å². The molecule has 1 saturated heterocycles. The van der Waals surface area contributed by atoms with Gasteiger partial charge in [-0.1, -0.05) is 13.3 Å². The van der Waals surface area contributed by atoms with Gasteiger partial charge in [0.05, 0.1) is 0 Å². The number of aliphatic hydroxyl groups is 1. The Morgan fingerprint density at radius 3 is 2.89 bits per heavy atom. The number of nitrogens with one attached hydrogen (secondary N) is 1. The van der Waals surface area contributed by atoms with Crippen LogP contribution in [0.4, 0.5) is 0 Å². The summed E-state index contributed by atoms with van der Waals surface area (Å²) in [4.78, 5) is 0. The predicted octanol–water partition coefficient (Wildman–Crippen LogP) is 0.714. The maximum absolute atomic E-state index is 9.10. The van der Waals surface area contributed by atoms with E-state index in [2.05, 4.69) is 12.2 Å². The van der Waals surface area contributed by atoms with Gasteiger partial charge < -0.3 is 5.11 Å². The van der Waals surface area contributed by atoms with Gasteiger partial charge in [-0.25, -0.2) is 0 Å². The van der Waals surface area contributed by atoms with E-state index in [1.54, 1.807) is 0 Å². The maximum atomic E-state index is 9.10. The second-order valence-corrected chi connectivity index (χ2v) is 2.77. The Hall–Kier alpha value is -0.0800. The molecule has 0 aromatic carbocycles. The fourth-order valence-electron chi connectivity index (χ4n) is 1.34. The van der Waals surface area contributed by atoms with Crippen LogP contribution < -0.4 is 5.32 Å². The van der Waals surface area contributed by atoms with Crippen molar-refractivity contribution in [2.75, 3.05) is 6.54 Å². The molecule has 2 unspecified atom stereocenters. The van der Waals surface area contributed by atoms with Gasteiger partial charge in [-0.05, 0) is 25.3 Å². The third-order valence-corrected chi connectivity index (χ3v) is 2.07. The Morgan fingerprint density at radius 2 is 2.44 bits per heavy atom. The van der Waals surface area contributed by atoms with Gasteiger partial charge in [0, 0.05) is 0 Å². The van der Waals surface area contributed by atoms with Crippen molar-refractivity contribution in [2.24, 2.45) is 5.92 Å². The van der Waals surface area contributed by atoms with Gasteiger partial charge in [0.1, 0.15) is 6.23 Å². The second-order valence-electron chi connectivity index (χ2n) is 2.77. The maximum Gasteiger partial charge on any atom is 0.105 e. The Kier molecular flexibility index (Phi) is 2.49. The number of aliphatic hydroxyl groups excluding tert-OH is 1. The SMILES string of the molecule is CCC1CCNC(O)C1. The van der Waals surface area contributed by atoms with Gasteiger partial charge in [-0.15, -0.1) is 0 Å². The summed E-state index contributed by atoms with van der Waals surface area (Å²) in [6.07, 6.45) is 3.15. The van der Waals surface area contributed by atoms with Crippen LogP contribution in [0.15, 0.2) is 0 Å². The minimum absolute atomic E-state index is 0.233. The molecular formula is C7H15NO. The summed E-state index contributed by atoms with van der Waals surface area (Å²) in [6, 6.07) is 0. The summed E-state index contributed by atoms with van der Waals surface area (Å²) in [5.74, 6) is 0.751. The van der Waals surface area contributed by atoms with Crippen molar-refractivity contribution in [3.63, 3.8) is 0 Å². The van der Waals surface area contributed by atoms with Crippen molar-refractivity contribution in [3.8, 4) is 0 Å². The van der Waals surface area contributed by atoms with E-state index in [4.69, 9.17) is 5.11 Å². The van der Waals surface area contributed by atoms with Crippen molar-refractivity contribution in [1.82, 2.24) is 5.32 Å². The topological polar surface area (TPSA) is 32.3 Å². The second kappa shape index (κ2) is 3.18. The van der Waals surface area contributed by atoms with E-state index in [0.717, 1.165) is 18.9 Å². The Labute approximate surface area is 56.3 Å². The Morgan fingerprint density at radius 1 is 1.67 bits per heavy atom. The van der Waals surface area contributed by atoms with Gasteiger partial charge in [0.25, 0.3) is 0 Å². The van der Waals surface area contributed by atoms with Crippen LogP contribution in [0.3, 0.4) is 0 Å². The minimum Gasteiger partial charge on any atom is -0.379 e. The van der Waals surface area contributed by atoms with Crippen LogP contribution >= 0.6 is 0 Å². The molecule has 54 valence electrons. The first-order valence-electron chi connectivity index (χ1n) is 3.74. The Balaban J connectivity index is 2.23. The summed E-state index contributed by atoms with van der Waals surface area (Å²) in [7, 11) is 0. The number of hydrogen-bond donors (Lipinski definition) is 2. The number of hydrogen-bond acceptors (Lipinski definition) is 2. The lowest BCUT2D eigenvalue weighted by Gasteiger charge is -2.25. The van der Waals surface area contributed by atoms with Crippen molar-refractivity contribution in [2.45, 2.75) is 32.4 Å². The van der Waals surface area contributed by atoms with Crippen molar-refractivity contribution in [3.05, 3.63) is 0 Å². The number of piperidine rings is 1. The third-order valence-electron chi connectivity index (χ3n) is 2.07. The molecule has 1 heterocycles. The molecule has 2 N–H and O–H groups in total. The molecule has 0 aromatic rings. The van der Waals surface area contributed by atoms with Gasteiger partial charge in [-0.2, -0.15) is 0 Å². The lowest BCUT2D eigenvalue weighted by Crippen LogP contribution is -2.37. The highest BCUT2D eigenvalue weighted by Crippen LogP contribution is 2.17. The molecule has 1 fully saturated rings. The lowest BCUT2D eigenvalue weighted by molar-refractivity contribution is 0.0800. The zero-order valence-corrected chi connectivity index (χ0v) is 5.93. The summed E-state index contributed by atoms with van der Waals surface area (Å²) >= 11 is 0. The minimum atomic E-state index is -0.233. The fraction of sp³-hybridized carbons (Fsp3) is 1.00. The van der Waals surface area contributed by atoms with Crippen LogP contribution in [0.5, 0.6) is 0 Å². The van der Waals surface area contributed by atoms with Crippen LogP contribution in [-0.4, -0.2) is 17.9 Å². The smallest absolute Gasteiger partial charge is 0.105 e. The molecule has 2 nitrogen and oxygen atoms in total. The molecule has 0 bridgehead atoms. The molecule has 0 aliphatic carbocycles. The average molecular weight is 129 g/mol. The van der Waals surface area contributed by atoms with E-state index in [1.165, 1.54) is 12.8 Å². The molecule has 1 rings (SSSR count). The molecule has 0 radical (unpaired) electrons. The first-order chi connectivity index (χ1) is 4.33. The molecule has 0 spiro atoms. The summed E-state index contributed by atoms with van der Waals surface area (Å²) in [5, 5.41) is 12.1. The zero-order valence-electron chi connectivity index (χ0n) is 5.93. The normalized spacial score (nSPS) is 36.7. The molecule has 1 aliphatic rings. The first kappa shape index (κ1) is 7.03. The lowest BCUT2D eigenvalue weighted by atomic mass is 9.95.